The number of rotatable bonds is 3. The molecule has 0 saturated carbocycles. The Hall–Kier alpha value is -2.54. The summed E-state index contributed by atoms with van der Waals surface area (Å²) in [4.78, 5) is 15.0. The number of hydrogen-bond donors (Lipinski definition) is 0. The predicted molar refractivity (Wildman–Crippen MR) is 78.6 cm³/mol. The third-order valence-corrected chi connectivity index (χ3v) is 3.96. The molecule has 112 valence electrons. The van der Waals surface area contributed by atoms with Gasteiger partial charge < -0.3 is 4.42 Å². The zero-order valence-corrected chi connectivity index (χ0v) is 12.3. The SMILES string of the molecule is Cc1c(-c2ncco2)nn2c1CN(Cc1cnccn1)CC2. The van der Waals surface area contributed by atoms with Gasteiger partial charge in [-0.15, -0.1) is 0 Å². The smallest absolute Gasteiger partial charge is 0.247 e. The van der Waals surface area contributed by atoms with Gasteiger partial charge in [0.1, 0.15) is 6.26 Å². The predicted octanol–water partition coefficient (Wildman–Crippen LogP) is 1.65. The van der Waals surface area contributed by atoms with Crippen LogP contribution in [0.15, 0.2) is 35.5 Å². The molecule has 1 aliphatic heterocycles. The van der Waals surface area contributed by atoms with Gasteiger partial charge in [-0.1, -0.05) is 0 Å². The van der Waals surface area contributed by atoms with Gasteiger partial charge in [-0.25, -0.2) is 4.98 Å². The maximum absolute atomic E-state index is 5.38. The number of nitrogens with zero attached hydrogens (tertiary/aromatic N) is 6. The third kappa shape index (κ3) is 2.29. The Morgan fingerprint density at radius 2 is 2.14 bits per heavy atom. The number of hydrogen-bond acceptors (Lipinski definition) is 6. The standard InChI is InChI=1S/C15H16N6O/c1-11-13-10-20(9-12-8-16-2-3-17-12)5-6-21(13)19-14(11)15-18-4-7-22-15/h2-4,7-8H,5-6,9-10H2,1H3. The molecule has 0 radical (unpaired) electrons. The lowest BCUT2D eigenvalue weighted by Crippen LogP contribution is -2.34. The first-order valence-electron chi connectivity index (χ1n) is 7.24. The minimum atomic E-state index is 0.583. The molecule has 4 heterocycles. The molecule has 0 saturated heterocycles. The van der Waals surface area contributed by atoms with Crippen molar-refractivity contribution in [3.63, 3.8) is 0 Å². The first-order chi connectivity index (χ1) is 10.8. The third-order valence-electron chi connectivity index (χ3n) is 3.96. The summed E-state index contributed by atoms with van der Waals surface area (Å²) >= 11 is 0. The summed E-state index contributed by atoms with van der Waals surface area (Å²) in [5.74, 6) is 0.583. The van der Waals surface area contributed by atoms with E-state index in [-0.39, 0.29) is 0 Å². The highest BCUT2D eigenvalue weighted by Crippen LogP contribution is 2.26. The fourth-order valence-electron chi connectivity index (χ4n) is 2.82. The van der Waals surface area contributed by atoms with Gasteiger partial charge in [0.25, 0.3) is 0 Å². The molecule has 0 bridgehead atoms. The van der Waals surface area contributed by atoms with Crippen LogP contribution in [0.1, 0.15) is 17.0 Å². The highest BCUT2D eigenvalue weighted by molar-refractivity contribution is 5.54. The van der Waals surface area contributed by atoms with Crippen LogP contribution in [0.2, 0.25) is 0 Å². The molecule has 7 nitrogen and oxygen atoms in total. The van der Waals surface area contributed by atoms with Gasteiger partial charge in [-0.05, 0) is 6.92 Å². The molecule has 3 aromatic heterocycles. The van der Waals surface area contributed by atoms with E-state index in [0.717, 1.165) is 43.1 Å². The second-order valence-electron chi connectivity index (χ2n) is 5.39. The highest BCUT2D eigenvalue weighted by atomic mass is 16.3. The van der Waals surface area contributed by atoms with E-state index in [1.54, 1.807) is 24.9 Å². The summed E-state index contributed by atoms with van der Waals surface area (Å²) in [6.07, 6.45) is 8.47. The van der Waals surface area contributed by atoms with Crippen LogP contribution in [-0.2, 0) is 19.6 Å². The van der Waals surface area contributed by atoms with Crippen LogP contribution in [0.4, 0.5) is 0 Å². The van der Waals surface area contributed by atoms with E-state index >= 15 is 0 Å². The number of aromatic nitrogens is 5. The van der Waals surface area contributed by atoms with E-state index < -0.39 is 0 Å². The maximum Gasteiger partial charge on any atom is 0.247 e. The van der Waals surface area contributed by atoms with Crippen LogP contribution in [-0.4, -0.2) is 36.2 Å². The topological polar surface area (TPSA) is 72.9 Å². The quantitative estimate of drug-likeness (QED) is 0.732. The molecule has 0 amide bonds. The fourth-order valence-corrected chi connectivity index (χ4v) is 2.82. The normalized spacial score (nSPS) is 15.0. The van der Waals surface area contributed by atoms with E-state index in [2.05, 4.69) is 36.6 Å². The summed E-state index contributed by atoms with van der Waals surface area (Å²) in [5.41, 5.74) is 4.16. The Kier molecular flexibility index (Phi) is 3.19. The Morgan fingerprint density at radius 3 is 2.91 bits per heavy atom. The molecule has 4 rings (SSSR count). The zero-order valence-electron chi connectivity index (χ0n) is 12.3. The van der Waals surface area contributed by atoms with E-state index in [1.165, 1.54) is 5.69 Å². The molecule has 0 aromatic carbocycles. The summed E-state index contributed by atoms with van der Waals surface area (Å²) < 4.78 is 7.44. The minimum absolute atomic E-state index is 0.583. The van der Waals surface area contributed by atoms with Gasteiger partial charge in [0.15, 0.2) is 5.69 Å². The van der Waals surface area contributed by atoms with Gasteiger partial charge in [0.05, 0.1) is 24.1 Å². The number of fused-ring (bicyclic) bond motifs is 1. The average Bonchev–Trinajstić information content (AvgIpc) is 3.17. The second-order valence-corrected chi connectivity index (χ2v) is 5.39. The lowest BCUT2D eigenvalue weighted by Gasteiger charge is -2.27. The van der Waals surface area contributed by atoms with Crippen molar-refractivity contribution in [2.45, 2.75) is 26.6 Å². The Bertz CT molecular complexity index is 765. The van der Waals surface area contributed by atoms with Crippen LogP contribution in [0.25, 0.3) is 11.6 Å². The molecule has 22 heavy (non-hydrogen) atoms. The summed E-state index contributed by atoms with van der Waals surface area (Å²) in [7, 11) is 0. The Morgan fingerprint density at radius 1 is 1.18 bits per heavy atom. The van der Waals surface area contributed by atoms with Crippen molar-refractivity contribution in [3.8, 4) is 11.6 Å². The Balaban J connectivity index is 1.58. The first-order valence-corrected chi connectivity index (χ1v) is 7.24. The molecule has 7 heteroatoms. The van der Waals surface area contributed by atoms with Gasteiger partial charge in [0, 0.05) is 43.8 Å². The molecule has 0 unspecified atom stereocenters. The van der Waals surface area contributed by atoms with Crippen molar-refractivity contribution in [2.75, 3.05) is 6.54 Å². The molecule has 3 aromatic rings. The van der Waals surface area contributed by atoms with Crippen molar-refractivity contribution in [2.24, 2.45) is 0 Å². The van der Waals surface area contributed by atoms with Crippen LogP contribution >= 0.6 is 0 Å². The summed E-state index contributed by atoms with van der Waals surface area (Å²) in [6, 6.07) is 0. The monoisotopic (exact) mass is 296 g/mol. The van der Waals surface area contributed by atoms with E-state index in [9.17, 15) is 0 Å². The molecule has 0 N–H and O–H groups in total. The minimum Gasteiger partial charge on any atom is -0.443 e. The molecule has 1 aliphatic rings. The van der Waals surface area contributed by atoms with Crippen LogP contribution in [0.3, 0.4) is 0 Å². The second kappa shape index (κ2) is 5.34. The summed E-state index contributed by atoms with van der Waals surface area (Å²) in [5, 5.41) is 4.64. The molecule has 0 atom stereocenters. The van der Waals surface area contributed by atoms with Crippen molar-refractivity contribution < 1.29 is 4.42 Å². The first kappa shape index (κ1) is 13.1. The average molecular weight is 296 g/mol. The lowest BCUT2D eigenvalue weighted by atomic mass is 10.1. The summed E-state index contributed by atoms with van der Waals surface area (Å²) in [6.45, 7) is 5.51. The van der Waals surface area contributed by atoms with Gasteiger partial charge in [0.2, 0.25) is 5.89 Å². The Labute approximate surface area is 127 Å². The van der Waals surface area contributed by atoms with Gasteiger partial charge >= 0.3 is 0 Å². The van der Waals surface area contributed by atoms with Gasteiger partial charge in [-0.2, -0.15) is 5.10 Å². The fraction of sp³-hybridized carbons (Fsp3) is 0.333. The van der Waals surface area contributed by atoms with Crippen molar-refractivity contribution in [1.29, 1.82) is 0 Å². The van der Waals surface area contributed by atoms with Crippen molar-refractivity contribution in [1.82, 2.24) is 29.6 Å². The zero-order chi connectivity index (χ0) is 14.9. The number of oxazole rings is 1. The maximum atomic E-state index is 5.38. The van der Waals surface area contributed by atoms with Crippen LogP contribution in [0.5, 0.6) is 0 Å². The lowest BCUT2D eigenvalue weighted by molar-refractivity contribution is 0.202. The van der Waals surface area contributed by atoms with Crippen LogP contribution < -0.4 is 0 Å². The van der Waals surface area contributed by atoms with Crippen molar-refractivity contribution in [3.05, 3.63) is 48.0 Å². The molecule has 0 spiro atoms. The van der Waals surface area contributed by atoms with E-state index in [0.29, 0.717) is 5.89 Å². The molecular weight excluding hydrogens is 280 g/mol. The van der Waals surface area contributed by atoms with Crippen molar-refractivity contribution >= 4 is 0 Å². The molecule has 0 aliphatic carbocycles. The van der Waals surface area contributed by atoms with E-state index in [1.807, 2.05) is 6.20 Å². The van der Waals surface area contributed by atoms with E-state index in [4.69, 9.17) is 4.42 Å². The van der Waals surface area contributed by atoms with Gasteiger partial charge in [-0.3, -0.25) is 19.5 Å². The molecular formula is C15H16N6O. The largest absolute Gasteiger partial charge is 0.443 e. The highest BCUT2D eigenvalue weighted by Gasteiger charge is 2.24. The molecule has 0 fully saturated rings. The van der Waals surface area contributed by atoms with Crippen LogP contribution in [0, 0.1) is 6.92 Å².